The summed E-state index contributed by atoms with van der Waals surface area (Å²) in [5, 5.41) is 0. The summed E-state index contributed by atoms with van der Waals surface area (Å²) in [5.41, 5.74) is 1.45. The van der Waals surface area contributed by atoms with Crippen LogP contribution in [0.25, 0.3) is 0 Å². The van der Waals surface area contributed by atoms with Crippen molar-refractivity contribution in [2.75, 3.05) is 18.9 Å². The lowest BCUT2D eigenvalue weighted by Crippen LogP contribution is -2.47. The highest BCUT2D eigenvalue weighted by Crippen LogP contribution is 2.54. The number of rotatable bonds is 5. The highest BCUT2D eigenvalue weighted by molar-refractivity contribution is 8.00. The molecule has 2 aromatic carbocycles. The lowest BCUT2D eigenvalue weighted by Gasteiger charge is -2.33. The molecule has 0 saturated carbocycles. The van der Waals surface area contributed by atoms with Gasteiger partial charge in [0.2, 0.25) is 5.91 Å². The largest absolute Gasteiger partial charge is 0.462 e. The minimum Gasteiger partial charge on any atom is -0.462 e. The molecule has 2 atom stereocenters. The van der Waals surface area contributed by atoms with Crippen molar-refractivity contribution in [1.29, 1.82) is 0 Å². The molecular weight excluding hydrogens is 435 g/mol. The average molecular weight is 454 g/mol. The van der Waals surface area contributed by atoms with Crippen molar-refractivity contribution in [3.8, 4) is 0 Å². The molecule has 3 aliphatic rings. The van der Waals surface area contributed by atoms with Crippen LogP contribution in [0.2, 0.25) is 0 Å². The number of thioether (sulfide) groups is 1. The number of ether oxygens (including phenoxy) is 1. The molecule has 3 aliphatic heterocycles. The van der Waals surface area contributed by atoms with Crippen molar-refractivity contribution in [2.45, 2.75) is 23.8 Å². The normalized spacial score (nSPS) is 24.2. The Morgan fingerprint density at radius 3 is 2.38 bits per heavy atom. The first kappa shape index (κ1) is 20.7. The van der Waals surface area contributed by atoms with Gasteiger partial charge in [-0.2, -0.15) is 0 Å². The number of hydrogen-bond acceptors (Lipinski definition) is 6. The lowest BCUT2D eigenvalue weighted by molar-refractivity contribution is -0.154. The first-order chi connectivity index (χ1) is 15.4. The molecule has 2 saturated heterocycles. The molecule has 0 radical (unpaired) electrons. The van der Waals surface area contributed by atoms with Crippen molar-refractivity contribution in [3.63, 3.8) is 0 Å². The molecule has 5 rings (SSSR count). The van der Waals surface area contributed by atoms with Gasteiger partial charge >= 0.3 is 5.97 Å². The molecule has 0 bridgehead atoms. The summed E-state index contributed by atoms with van der Waals surface area (Å²) >= 11 is 1.47. The van der Waals surface area contributed by atoms with Gasteiger partial charge in [-0.15, -0.1) is 11.8 Å². The van der Waals surface area contributed by atoms with Gasteiger partial charge in [0, 0.05) is 12.2 Å². The molecule has 0 N–H and O–H groups in total. The third kappa shape index (κ3) is 3.10. The van der Waals surface area contributed by atoms with E-state index in [1.54, 1.807) is 41.3 Å². The Hall–Kier alpha value is -3.20. The average Bonchev–Trinajstić information content (AvgIpc) is 3.42. The first-order valence-electron chi connectivity index (χ1n) is 10.3. The number of benzene rings is 2. The van der Waals surface area contributed by atoms with Gasteiger partial charge in [-0.05, 0) is 36.2 Å². The van der Waals surface area contributed by atoms with Crippen LogP contribution in [0.4, 0.5) is 4.39 Å². The molecule has 0 spiro atoms. The Balaban J connectivity index is 1.26. The number of imide groups is 1. The summed E-state index contributed by atoms with van der Waals surface area (Å²) < 4.78 is 18.8. The molecule has 0 aromatic heterocycles. The van der Waals surface area contributed by atoms with E-state index in [2.05, 4.69) is 0 Å². The molecule has 0 aliphatic carbocycles. The topological polar surface area (TPSA) is 84.0 Å². The van der Waals surface area contributed by atoms with E-state index in [-0.39, 0.29) is 24.9 Å². The number of halogens is 1. The molecule has 7 nitrogen and oxygen atoms in total. The van der Waals surface area contributed by atoms with Crippen LogP contribution in [0.3, 0.4) is 0 Å². The molecule has 164 valence electrons. The van der Waals surface area contributed by atoms with Crippen LogP contribution in [-0.4, -0.2) is 58.4 Å². The van der Waals surface area contributed by atoms with E-state index in [0.29, 0.717) is 29.7 Å². The van der Waals surface area contributed by atoms with E-state index < -0.39 is 28.7 Å². The van der Waals surface area contributed by atoms with E-state index in [0.717, 1.165) is 10.5 Å². The first-order valence-corrected chi connectivity index (χ1v) is 11.2. The second-order valence-corrected chi connectivity index (χ2v) is 9.15. The predicted molar refractivity (Wildman–Crippen MR) is 113 cm³/mol. The van der Waals surface area contributed by atoms with Gasteiger partial charge in [-0.1, -0.05) is 24.3 Å². The van der Waals surface area contributed by atoms with E-state index in [4.69, 9.17) is 4.74 Å². The van der Waals surface area contributed by atoms with E-state index >= 15 is 0 Å². The van der Waals surface area contributed by atoms with Gasteiger partial charge in [-0.3, -0.25) is 19.3 Å². The van der Waals surface area contributed by atoms with Crippen LogP contribution in [0, 0.1) is 5.82 Å². The molecule has 2 fully saturated rings. The zero-order valence-electron chi connectivity index (χ0n) is 17.0. The number of hydrogen-bond donors (Lipinski definition) is 0. The van der Waals surface area contributed by atoms with Gasteiger partial charge < -0.3 is 9.64 Å². The molecule has 32 heavy (non-hydrogen) atoms. The second-order valence-electron chi connectivity index (χ2n) is 7.86. The Kier molecular flexibility index (Phi) is 5.00. The Morgan fingerprint density at radius 2 is 1.72 bits per heavy atom. The number of amides is 3. The van der Waals surface area contributed by atoms with Crippen molar-refractivity contribution in [3.05, 3.63) is 71.0 Å². The fourth-order valence-electron chi connectivity index (χ4n) is 4.60. The maximum absolute atomic E-state index is 13.4. The number of carbonyl (C=O) groups is 4. The fraction of sp³-hybridized carbons (Fsp3) is 0.304. The molecule has 0 unspecified atom stereocenters. The van der Waals surface area contributed by atoms with Crippen LogP contribution in [0.5, 0.6) is 0 Å². The smallest absolute Gasteiger partial charge is 0.329 e. The second kappa shape index (κ2) is 7.74. The summed E-state index contributed by atoms with van der Waals surface area (Å²) in [6.07, 6.45) is 0.824. The van der Waals surface area contributed by atoms with Gasteiger partial charge in [0.05, 0.1) is 17.7 Å². The number of nitrogens with zero attached hydrogens (tertiary/aromatic N) is 2. The summed E-state index contributed by atoms with van der Waals surface area (Å²) in [4.78, 5) is 52.3. The standard InChI is InChI=1S/C23H19FN2O5S/c24-15-7-5-14(6-8-15)23-10-9-19(27)26(23)18(13-32-23)22(30)31-12-11-25-20(28)16-3-1-2-4-17(16)21(25)29/h1-8,18H,9-13H2/t18-,23+/m1/s1. The zero-order chi connectivity index (χ0) is 22.5. The van der Waals surface area contributed by atoms with Gasteiger partial charge in [0.1, 0.15) is 23.3 Å². The predicted octanol–water partition coefficient (Wildman–Crippen LogP) is 2.56. The third-order valence-corrected chi connectivity index (χ3v) is 7.73. The zero-order valence-corrected chi connectivity index (χ0v) is 17.8. The third-order valence-electron chi connectivity index (χ3n) is 6.13. The van der Waals surface area contributed by atoms with Crippen LogP contribution in [0.1, 0.15) is 39.1 Å². The van der Waals surface area contributed by atoms with Crippen molar-refractivity contribution in [1.82, 2.24) is 9.80 Å². The summed E-state index contributed by atoms with van der Waals surface area (Å²) in [6, 6.07) is 11.8. The van der Waals surface area contributed by atoms with Gasteiger partial charge in [-0.25, -0.2) is 9.18 Å². The van der Waals surface area contributed by atoms with E-state index in [1.165, 1.54) is 23.9 Å². The summed E-state index contributed by atoms with van der Waals surface area (Å²) in [7, 11) is 0. The van der Waals surface area contributed by atoms with Crippen molar-refractivity contribution < 1.29 is 28.3 Å². The van der Waals surface area contributed by atoms with Gasteiger partial charge in [0.25, 0.3) is 11.8 Å². The quantitative estimate of drug-likeness (QED) is 0.510. The number of carbonyl (C=O) groups excluding carboxylic acids is 4. The number of fused-ring (bicyclic) bond motifs is 2. The highest BCUT2D eigenvalue weighted by Gasteiger charge is 2.57. The molecule has 3 heterocycles. The maximum atomic E-state index is 13.4. The fourth-order valence-corrected chi connectivity index (χ4v) is 6.24. The Bertz CT molecular complexity index is 1100. The summed E-state index contributed by atoms with van der Waals surface area (Å²) in [6.45, 7) is -0.216. The lowest BCUT2D eigenvalue weighted by atomic mass is 10.0. The van der Waals surface area contributed by atoms with Gasteiger partial charge in [0.15, 0.2) is 0 Å². The minimum atomic E-state index is -0.776. The maximum Gasteiger partial charge on any atom is 0.329 e. The molecule has 3 amide bonds. The van der Waals surface area contributed by atoms with Crippen molar-refractivity contribution in [2.24, 2.45) is 0 Å². The Morgan fingerprint density at radius 1 is 1.06 bits per heavy atom. The summed E-state index contributed by atoms with van der Waals surface area (Å²) in [5.74, 6) is -1.57. The van der Waals surface area contributed by atoms with Crippen LogP contribution < -0.4 is 0 Å². The molecular formula is C23H19FN2O5S. The number of esters is 1. The minimum absolute atomic E-state index is 0.0605. The van der Waals surface area contributed by atoms with Crippen LogP contribution in [-0.2, 0) is 19.2 Å². The monoisotopic (exact) mass is 454 g/mol. The highest BCUT2D eigenvalue weighted by atomic mass is 32.2. The van der Waals surface area contributed by atoms with E-state index in [9.17, 15) is 23.6 Å². The SMILES string of the molecule is O=C(OCCN1C(=O)c2ccccc2C1=O)[C@H]1CS[C@]2(c3ccc(F)cc3)CCC(=O)N12. The van der Waals surface area contributed by atoms with E-state index in [1.807, 2.05) is 0 Å². The molecule has 2 aromatic rings. The molecule has 9 heteroatoms. The van der Waals surface area contributed by atoms with Crippen molar-refractivity contribution >= 4 is 35.5 Å². The Labute approximate surface area is 187 Å². The van der Waals surface area contributed by atoms with Crippen LogP contribution >= 0.6 is 11.8 Å². The van der Waals surface area contributed by atoms with Crippen LogP contribution in [0.15, 0.2) is 48.5 Å².